The van der Waals surface area contributed by atoms with E-state index in [0.717, 1.165) is 27.6 Å². The Morgan fingerprint density at radius 3 is 2.56 bits per heavy atom. The van der Waals surface area contributed by atoms with Crippen LogP contribution >= 0.6 is 27.5 Å². The van der Waals surface area contributed by atoms with Crippen LogP contribution in [0.5, 0.6) is 17.2 Å². The van der Waals surface area contributed by atoms with Gasteiger partial charge in [-0.2, -0.15) is 5.10 Å². The monoisotopic (exact) mass is 544 g/mol. The van der Waals surface area contributed by atoms with E-state index in [9.17, 15) is 4.79 Å². The first-order valence-corrected chi connectivity index (χ1v) is 11.8. The Kier molecular flexibility index (Phi) is 9.36. The molecule has 0 unspecified atom stereocenters. The molecule has 1 N–H and O–H groups in total. The second kappa shape index (κ2) is 12.4. The van der Waals surface area contributed by atoms with E-state index in [2.05, 4.69) is 38.6 Å². The number of halogens is 2. The third kappa shape index (κ3) is 6.98. The van der Waals surface area contributed by atoms with Crippen LogP contribution in [0.1, 0.15) is 22.3 Å². The number of aryl methyl sites for hydroxylation is 1. The summed E-state index contributed by atoms with van der Waals surface area (Å²) < 4.78 is 17.6. The number of methoxy groups -OCH3 is 1. The van der Waals surface area contributed by atoms with Crippen LogP contribution in [0.15, 0.2) is 64.2 Å². The standard InChI is InChI=1S/C26H26BrClN2O4/c1-17-13-23(25(27)18(2)26(17)28)34-16-24(31)30-29-15-20-9-10-21(22(14-20)32-3)33-12-11-19-7-5-4-6-8-19/h4-10,13-15H,11-12,16H2,1-3H3,(H,30,31)/b29-15+. The third-order valence-electron chi connectivity index (χ3n) is 5.01. The summed E-state index contributed by atoms with van der Waals surface area (Å²) in [4.78, 5) is 12.1. The lowest BCUT2D eigenvalue weighted by molar-refractivity contribution is -0.123. The van der Waals surface area contributed by atoms with Gasteiger partial charge in [-0.25, -0.2) is 5.43 Å². The number of carbonyl (C=O) groups excluding carboxylic acids is 1. The van der Waals surface area contributed by atoms with Crippen LogP contribution in [0.2, 0.25) is 5.02 Å². The highest BCUT2D eigenvalue weighted by Gasteiger charge is 2.12. The summed E-state index contributed by atoms with van der Waals surface area (Å²) in [7, 11) is 1.58. The fourth-order valence-electron chi connectivity index (χ4n) is 3.17. The molecule has 0 radical (unpaired) electrons. The van der Waals surface area contributed by atoms with Gasteiger partial charge in [0.15, 0.2) is 18.1 Å². The fourth-order valence-corrected chi connectivity index (χ4v) is 3.86. The predicted molar refractivity (Wildman–Crippen MR) is 138 cm³/mol. The van der Waals surface area contributed by atoms with E-state index in [1.165, 1.54) is 11.8 Å². The van der Waals surface area contributed by atoms with E-state index >= 15 is 0 Å². The first-order chi connectivity index (χ1) is 16.4. The van der Waals surface area contributed by atoms with Crippen molar-refractivity contribution >= 4 is 39.7 Å². The molecule has 0 aliphatic rings. The molecule has 0 heterocycles. The summed E-state index contributed by atoms with van der Waals surface area (Å²) in [6.45, 7) is 4.11. The van der Waals surface area contributed by atoms with Gasteiger partial charge in [-0.15, -0.1) is 0 Å². The number of benzene rings is 3. The first kappa shape index (κ1) is 25.6. The van der Waals surface area contributed by atoms with Crippen molar-refractivity contribution in [1.29, 1.82) is 0 Å². The van der Waals surface area contributed by atoms with E-state index in [0.29, 0.717) is 28.9 Å². The Morgan fingerprint density at radius 1 is 1.06 bits per heavy atom. The van der Waals surface area contributed by atoms with Crippen LogP contribution in [0.3, 0.4) is 0 Å². The third-order valence-corrected chi connectivity index (χ3v) is 6.58. The molecular formula is C26H26BrClN2O4. The molecule has 0 atom stereocenters. The number of carbonyl (C=O) groups is 1. The molecule has 0 bridgehead atoms. The van der Waals surface area contributed by atoms with Crippen molar-refractivity contribution in [2.24, 2.45) is 5.10 Å². The summed E-state index contributed by atoms with van der Waals surface area (Å²) in [5, 5.41) is 4.66. The van der Waals surface area contributed by atoms with Crippen molar-refractivity contribution in [3.63, 3.8) is 0 Å². The summed E-state index contributed by atoms with van der Waals surface area (Å²) >= 11 is 9.68. The normalized spacial score (nSPS) is 10.9. The minimum Gasteiger partial charge on any atom is -0.493 e. The fraction of sp³-hybridized carbons (Fsp3) is 0.231. The molecule has 0 saturated heterocycles. The maximum absolute atomic E-state index is 12.1. The highest BCUT2D eigenvalue weighted by Crippen LogP contribution is 2.35. The smallest absolute Gasteiger partial charge is 0.277 e. The van der Waals surface area contributed by atoms with Gasteiger partial charge >= 0.3 is 0 Å². The van der Waals surface area contributed by atoms with E-state index in [4.69, 9.17) is 25.8 Å². The van der Waals surface area contributed by atoms with Crippen LogP contribution in [0.4, 0.5) is 0 Å². The minimum absolute atomic E-state index is 0.187. The lowest BCUT2D eigenvalue weighted by atomic mass is 10.1. The number of ether oxygens (including phenoxy) is 3. The highest BCUT2D eigenvalue weighted by molar-refractivity contribution is 9.10. The quantitative estimate of drug-likeness (QED) is 0.255. The summed E-state index contributed by atoms with van der Waals surface area (Å²) in [6, 6.07) is 17.4. The van der Waals surface area contributed by atoms with Gasteiger partial charge in [0.2, 0.25) is 0 Å². The average Bonchev–Trinajstić information content (AvgIpc) is 2.85. The van der Waals surface area contributed by atoms with Crippen LogP contribution in [0.25, 0.3) is 0 Å². The molecule has 0 aromatic heterocycles. The van der Waals surface area contributed by atoms with Crippen molar-refractivity contribution in [3.8, 4) is 17.2 Å². The number of hydrogen-bond acceptors (Lipinski definition) is 5. The van der Waals surface area contributed by atoms with Crippen molar-refractivity contribution < 1.29 is 19.0 Å². The Hall–Kier alpha value is -3.03. The molecule has 3 rings (SSSR count). The lowest BCUT2D eigenvalue weighted by Crippen LogP contribution is -2.24. The van der Waals surface area contributed by atoms with Gasteiger partial charge in [-0.1, -0.05) is 41.9 Å². The van der Waals surface area contributed by atoms with E-state index < -0.39 is 0 Å². The van der Waals surface area contributed by atoms with Crippen molar-refractivity contribution in [2.75, 3.05) is 20.3 Å². The molecular weight excluding hydrogens is 520 g/mol. The number of amides is 1. The summed E-state index contributed by atoms with van der Waals surface area (Å²) in [5.74, 6) is 1.39. The molecule has 34 heavy (non-hydrogen) atoms. The van der Waals surface area contributed by atoms with Gasteiger partial charge in [0, 0.05) is 11.4 Å². The molecule has 1 amide bonds. The van der Waals surface area contributed by atoms with Crippen LogP contribution in [-0.4, -0.2) is 32.4 Å². The molecule has 0 spiro atoms. The zero-order valence-electron chi connectivity index (χ0n) is 19.2. The van der Waals surface area contributed by atoms with Gasteiger partial charge in [0.25, 0.3) is 5.91 Å². The number of hydrogen-bond donors (Lipinski definition) is 1. The largest absolute Gasteiger partial charge is 0.493 e. The zero-order valence-corrected chi connectivity index (χ0v) is 21.6. The van der Waals surface area contributed by atoms with E-state index in [1.807, 2.05) is 44.2 Å². The van der Waals surface area contributed by atoms with Crippen LogP contribution in [0, 0.1) is 13.8 Å². The first-order valence-electron chi connectivity index (χ1n) is 10.6. The van der Waals surface area contributed by atoms with Crippen molar-refractivity contribution in [1.82, 2.24) is 5.43 Å². The SMILES string of the molecule is COc1cc(/C=N/NC(=O)COc2cc(C)c(Cl)c(C)c2Br)ccc1OCCc1ccccc1. The van der Waals surface area contributed by atoms with Crippen molar-refractivity contribution in [3.05, 3.63) is 86.3 Å². The van der Waals surface area contributed by atoms with Crippen LogP contribution < -0.4 is 19.6 Å². The molecule has 178 valence electrons. The van der Waals surface area contributed by atoms with Gasteiger partial charge < -0.3 is 14.2 Å². The maximum Gasteiger partial charge on any atom is 0.277 e. The molecule has 3 aromatic rings. The Balaban J connectivity index is 1.51. The second-order valence-electron chi connectivity index (χ2n) is 7.52. The van der Waals surface area contributed by atoms with Gasteiger partial charge in [-0.05, 0) is 76.3 Å². The lowest BCUT2D eigenvalue weighted by Gasteiger charge is -2.12. The number of hydrazone groups is 1. The molecule has 0 aliphatic heterocycles. The molecule has 0 fully saturated rings. The summed E-state index contributed by atoms with van der Waals surface area (Å²) in [6.07, 6.45) is 2.33. The predicted octanol–water partition coefficient (Wildman–Crippen LogP) is 5.88. The van der Waals surface area contributed by atoms with E-state index in [-0.39, 0.29) is 12.5 Å². The average molecular weight is 546 g/mol. The molecule has 0 aliphatic carbocycles. The molecule has 3 aromatic carbocycles. The maximum atomic E-state index is 12.1. The zero-order chi connectivity index (χ0) is 24.5. The minimum atomic E-state index is -0.388. The highest BCUT2D eigenvalue weighted by atomic mass is 79.9. The number of nitrogens with zero attached hydrogens (tertiary/aromatic N) is 1. The number of nitrogens with one attached hydrogen (secondary N) is 1. The van der Waals surface area contributed by atoms with Gasteiger partial charge in [-0.3, -0.25) is 4.79 Å². The Bertz CT molecular complexity index is 1170. The Morgan fingerprint density at radius 2 is 1.82 bits per heavy atom. The summed E-state index contributed by atoms with van der Waals surface area (Å²) in [5.41, 5.74) is 6.15. The van der Waals surface area contributed by atoms with Crippen molar-refractivity contribution in [2.45, 2.75) is 20.3 Å². The van der Waals surface area contributed by atoms with Crippen LogP contribution in [-0.2, 0) is 11.2 Å². The van der Waals surface area contributed by atoms with Gasteiger partial charge in [0.1, 0.15) is 5.75 Å². The topological polar surface area (TPSA) is 69.2 Å². The number of rotatable bonds is 10. The molecule has 6 nitrogen and oxygen atoms in total. The second-order valence-corrected chi connectivity index (χ2v) is 8.69. The van der Waals surface area contributed by atoms with E-state index in [1.54, 1.807) is 19.2 Å². The Labute approximate surface area is 213 Å². The molecule has 8 heteroatoms. The molecule has 0 saturated carbocycles. The van der Waals surface area contributed by atoms with Gasteiger partial charge in [0.05, 0.1) is 24.4 Å².